The molecule has 0 bridgehead atoms. The molecule has 3 rings (SSSR count). The van der Waals surface area contributed by atoms with E-state index in [0.717, 1.165) is 36.3 Å². The molecule has 0 aliphatic carbocycles. The second-order valence-corrected chi connectivity index (χ2v) is 5.17. The minimum Gasteiger partial charge on any atom is -0.319 e. The lowest BCUT2D eigenvalue weighted by atomic mass is 10.0. The summed E-state index contributed by atoms with van der Waals surface area (Å²) in [7, 11) is 0. The van der Waals surface area contributed by atoms with Crippen molar-refractivity contribution < 1.29 is 4.79 Å². The third-order valence-electron chi connectivity index (χ3n) is 3.88. The lowest BCUT2D eigenvalue weighted by Gasteiger charge is -2.14. The molecule has 1 aliphatic heterocycles. The molecule has 2 heterocycles. The van der Waals surface area contributed by atoms with Gasteiger partial charge in [0.1, 0.15) is 0 Å². The van der Waals surface area contributed by atoms with Gasteiger partial charge in [-0.05, 0) is 24.0 Å². The van der Waals surface area contributed by atoms with Crippen molar-refractivity contribution in [2.75, 3.05) is 10.7 Å². The Morgan fingerprint density at radius 3 is 2.57 bits per heavy atom. The van der Waals surface area contributed by atoms with Crippen LogP contribution in [0.5, 0.6) is 0 Å². The third kappa shape index (κ3) is 2.52. The molecular formula is C16H20N4O. The van der Waals surface area contributed by atoms with Crippen molar-refractivity contribution in [1.29, 1.82) is 0 Å². The fourth-order valence-electron chi connectivity index (χ4n) is 2.68. The van der Waals surface area contributed by atoms with Crippen LogP contribution in [0.3, 0.4) is 0 Å². The van der Waals surface area contributed by atoms with Crippen LogP contribution in [-0.4, -0.2) is 10.6 Å². The van der Waals surface area contributed by atoms with Crippen LogP contribution in [0.1, 0.15) is 30.5 Å². The number of hydrazine groups is 1. The van der Waals surface area contributed by atoms with Gasteiger partial charge in [-0.25, -0.2) is 10.2 Å². The number of nitrogens with one attached hydrogen (secondary N) is 3. The Kier molecular flexibility index (Phi) is 3.66. The maximum atomic E-state index is 12.5. The number of aryl methyl sites for hydroxylation is 2. The van der Waals surface area contributed by atoms with Crippen LogP contribution < -0.4 is 16.2 Å². The molecule has 0 saturated carbocycles. The summed E-state index contributed by atoms with van der Waals surface area (Å²) < 4.78 is 1.60. The van der Waals surface area contributed by atoms with Crippen molar-refractivity contribution in [1.82, 2.24) is 9.99 Å². The standard InChI is InChI=1S/C16H20N4O/c1-3-11-6-5-7-12(4-2)15(11)18-16(21)20-9-13-8-17-19-14(13)10-20/h5-7,9-10,17,19H,3-4,8H2,1-2H3,(H,18,21). The molecule has 0 saturated heterocycles. The second-order valence-electron chi connectivity index (χ2n) is 5.17. The van der Waals surface area contributed by atoms with E-state index in [1.54, 1.807) is 4.57 Å². The first-order valence-electron chi connectivity index (χ1n) is 7.34. The Balaban J connectivity index is 1.87. The highest BCUT2D eigenvalue weighted by atomic mass is 16.2. The molecule has 0 unspecified atom stereocenters. The van der Waals surface area contributed by atoms with E-state index in [9.17, 15) is 4.79 Å². The third-order valence-corrected chi connectivity index (χ3v) is 3.88. The fourth-order valence-corrected chi connectivity index (χ4v) is 2.68. The van der Waals surface area contributed by atoms with E-state index in [4.69, 9.17) is 0 Å². The van der Waals surface area contributed by atoms with E-state index in [2.05, 4.69) is 42.1 Å². The van der Waals surface area contributed by atoms with Gasteiger partial charge in [-0.15, -0.1) is 0 Å². The maximum absolute atomic E-state index is 12.5. The molecule has 0 atom stereocenters. The number of aromatic nitrogens is 1. The average Bonchev–Trinajstić information content (AvgIpc) is 3.08. The maximum Gasteiger partial charge on any atom is 0.330 e. The zero-order chi connectivity index (χ0) is 14.8. The van der Waals surface area contributed by atoms with E-state index in [0.29, 0.717) is 0 Å². The van der Waals surface area contributed by atoms with Crippen molar-refractivity contribution in [3.8, 4) is 0 Å². The summed E-state index contributed by atoms with van der Waals surface area (Å²) >= 11 is 0. The van der Waals surface area contributed by atoms with Crippen LogP contribution in [0, 0.1) is 0 Å². The number of carbonyl (C=O) groups excluding carboxylic acids is 1. The van der Waals surface area contributed by atoms with E-state index in [1.165, 1.54) is 11.1 Å². The van der Waals surface area contributed by atoms with E-state index < -0.39 is 0 Å². The number of amides is 1. The van der Waals surface area contributed by atoms with Crippen molar-refractivity contribution >= 4 is 17.4 Å². The fraction of sp³-hybridized carbons (Fsp3) is 0.312. The molecule has 1 aromatic heterocycles. The van der Waals surface area contributed by atoms with Crippen molar-refractivity contribution in [3.05, 3.63) is 47.3 Å². The monoisotopic (exact) mass is 284 g/mol. The number of para-hydroxylation sites is 1. The molecule has 0 fully saturated rings. The first-order chi connectivity index (χ1) is 10.2. The van der Waals surface area contributed by atoms with Gasteiger partial charge in [-0.1, -0.05) is 32.0 Å². The summed E-state index contributed by atoms with van der Waals surface area (Å²) in [6.45, 7) is 4.94. The number of nitrogens with zero attached hydrogens (tertiary/aromatic N) is 1. The van der Waals surface area contributed by atoms with Crippen LogP contribution >= 0.6 is 0 Å². The van der Waals surface area contributed by atoms with Crippen molar-refractivity contribution in [3.63, 3.8) is 0 Å². The molecule has 1 aliphatic rings. The Morgan fingerprint density at radius 1 is 1.24 bits per heavy atom. The summed E-state index contributed by atoms with van der Waals surface area (Å²) in [4.78, 5) is 12.5. The van der Waals surface area contributed by atoms with Gasteiger partial charge in [0.2, 0.25) is 0 Å². The van der Waals surface area contributed by atoms with Gasteiger partial charge in [0.05, 0.1) is 5.69 Å². The molecule has 5 heteroatoms. The lowest BCUT2D eigenvalue weighted by molar-refractivity contribution is 0.253. The quantitative estimate of drug-likeness (QED) is 0.811. The number of carbonyl (C=O) groups is 1. The molecule has 1 amide bonds. The average molecular weight is 284 g/mol. The first-order valence-corrected chi connectivity index (χ1v) is 7.34. The van der Waals surface area contributed by atoms with E-state index in [-0.39, 0.29) is 6.03 Å². The van der Waals surface area contributed by atoms with Gasteiger partial charge >= 0.3 is 6.03 Å². The van der Waals surface area contributed by atoms with Gasteiger partial charge in [0.15, 0.2) is 0 Å². The molecule has 0 spiro atoms. The van der Waals surface area contributed by atoms with Crippen LogP contribution in [0.25, 0.3) is 0 Å². The van der Waals surface area contributed by atoms with Crippen molar-refractivity contribution in [2.45, 2.75) is 33.2 Å². The molecule has 5 nitrogen and oxygen atoms in total. The topological polar surface area (TPSA) is 58.1 Å². The van der Waals surface area contributed by atoms with Gasteiger partial charge in [0.25, 0.3) is 0 Å². The number of benzene rings is 1. The summed E-state index contributed by atoms with van der Waals surface area (Å²) in [6.07, 6.45) is 5.47. The summed E-state index contributed by atoms with van der Waals surface area (Å²) in [5.41, 5.74) is 11.4. The summed E-state index contributed by atoms with van der Waals surface area (Å²) in [6, 6.07) is 6.06. The zero-order valence-corrected chi connectivity index (χ0v) is 12.4. The Bertz CT molecular complexity index is 631. The lowest BCUT2D eigenvalue weighted by Crippen LogP contribution is -2.21. The summed E-state index contributed by atoms with van der Waals surface area (Å²) in [5.74, 6) is 0. The molecule has 0 radical (unpaired) electrons. The summed E-state index contributed by atoms with van der Waals surface area (Å²) in [5, 5.41) is 3.06. The predicted octanol–water partition coefficient (Wildman–Crippen LogP) is 3.12. The molecular weight excluding hydrogens is 264 g/mol. The normalized spacial score (nSPS) is 12.9. The molecule has 3 N–H and O–H groups in total. The van der Waals surface area contributed by atoms with Crippen LogP contribution in [0.15, 0.2) is 30.6 Å². The molecule has 1 aromatic carbocycles. The van der Waals surface area contributed by atoms with Gasteiger partial charge in [-0.3, -0.25) is 4.57 Å². The van der Waals surface area contributed by atoms with Crippen LogP contribution in [0.4, 0.5) is 16.2 Å². The minimum atomic E-state index is -0.123. The largest absolute Gasteiger partial charge is 0.330 e. The molecule has 110 valence electrons. The highest BCUT2D eigenvalue weighted by molar-refractivity contribution is 5.93. The first kappa shape index (κ1) is 13.7. The van der Waals surface area contributed by atoms with E-state index >= 15 is 0 Å². The smallest absolute Gasteiger partial charge is 0.319 e. The van der Waals surface area contributed by atoms with E-state index in [1.807, 2.05) is 18.5 Å². The van der Waals surface area contributed by atoms with Gasteiger partial charge < -0.3 is 10.7 Å². The van der Waals surface area contributed by atoms with Crippen LogP contribution in [0.2, 0.25) is 0 Å². The SMILES string of the molecule is CCc1cccc(CC)c1NC(=O)n1cc2c(c1)NNC2. The second kappa shape index (κ2) is 5.61. The number of hydrogen-bond donors (Lipinski definition) is 3. The van der Waals surface area contributed by atoms with Crippen molar-refractivity contribution in [2.24, 2.45) is 0 Å². The highest BCUT2D eigenvalue weighted by Crippen LogP contribution is 2.24. The number of rotatable bonds is 3. The van der Waals surface area contributed by atoms with Gasteiger partial charge in [-0.2, -0.15) is 0 Å². The Labute approximate surface area is 124 Å². The number of fused-ring (bicyclic) bond motifs is 1. The van der Waals surface area contributed by atoms with Crippen LogP contribution in [-0.2, 0) is 19.4 Å². The Hall–Kier alpha value is -2.27. The van der Waals surface area contributed by atoms with Gasteiger partial charge in [0, 0.05) is 30.2 Å². The predicted molar refractivity (Wildman–Crippen MR) is 84.5 cm³/mol. The minimum absolute atomic E-state index is 0.123. The number of hydrogen-bond acceptors (Lipinski definition) is 3. The Morgan fingerprint density at radius 2 is 1.95 bits per heavy atom. The number of anilines is 2. The molecule has 21 heavy (non-hydrogen) atoms. The molecule has 2 aromatic rings. The highest BCUT2D eigenvalue weighted by Gasteiger charge is 2.16. The zero-order valence-electron chi connectivity index (χ0n) is 12.4.